The van der Waals surface area contributed by atoms with Crippen molar-refractivity contribution < 1.29 is 8.85 Å². The highest BCUT2D eigenvalue weighted by Gasteiger charge is 2.29. The van der Waals surface area contributed by atoms with Gasteiger partial charge in [0, 0.05) is 13.2 Å². The number of thiol groups is 1. The lowest BCUT2D eigenvalue weighted by Gasteiger charge is -2.25. The second-order valence-corrected chi connectivity index (χ2v) is 7.76. The van der Waals surface area contributed by atoms with E-state index in [2.05, 4.69) is 22.4 Å². The second-order valence-electron chi connectivity index (χ2n) is 2.45. The molecule has 0 aliphatic heterocycles. The maximum Gasteiger partial charge on any atom is 0.307 e. The van der Waals surface area contributed by atoms with Gasteiger partial charge in [-0.05, 0) is 32.1 Å². The molecule has 0 heterocycles. The predicted molar refractivity (Wildman–Crippen MR) is 58.0 cm³/mol. The molecule has 0 fully saturated rings. The van der Waals surface area contributed by atoms with Gasteiger partial charge in [-0.25, -0.2) is 0 Å². The molecule has 0 aromatic heterocycles. The first-order valence-electron chi connectivity index (χ1n) is 4.32. The maximum absolute atomic E-state index is 5.57. The van der Waals surface area contributed by atoms with Gasteiger partial charge >= 0.3 is 8.08 Å². The van der Waals surface area contributed by atoms with Crippen LogP contribution in [-0.4, -0.2) is 36.8 Å². The first-order chi connectivity index (χ1) is 5.68. The van der Waals surface area contributed by atoms with Crippen LogP contribution >= 0.6 is 12.6 Å². The van der Waals surface area contributed by atoms with E-state index in [4.69, 9.17) is 8.85 Å². The van der Waals surface area contributed by atoms with E-state index in [0.29, 0.717) is 13.2 Å². The molecule has 0 atom stereocenters. The second kappa shape index (κ2) is 7.14. The molecule has 0 rings (SSSR count). The topological polar surface area (TPSA) is 18.5 Å². The first kappa shape index (κ1) is 12.7. The van der Waals surface area contributed by atoms with E-state index in [-0.39, 0.29) is 0 Å². The lowest BCUT2D eigenvalue weighted by Crippen LogP contribution is -2.43. The minimum atomic E-state index is -2.01. The average Bonchev–Trinajstić information content (AvgIpc) is 2.02. The Bertz CT molecular complexity index is 108. The highest BCUT2D eigenvalue weighted by atomic mass is 32.1. The third-order valence-electron chi connectivity index (χ3n) is 1.42. The SMILES string of the molecule is CCO[Si]([Si])(CCCS)OCC. The van der Waals surface area contributed by atoms with Gasteiger partial charge in [0.05, 0.1) is 9.76 Å². The zero-order valence-electron chi connectivity index (χ0n) is 7.80. The van der Waals surface area contributed by atoms with Crippen molar-refractivity contribution in [3.63, 3.8) is 0 Å². The Morgan fingerprint density at radius 1 is 1.25 bits per heavy atom. The molecule has 0 aliphatic carbocycles. The maximum atomic E-state index is 5.57. The molecular weight excluding hydrogens is 204 g/mol. The van der Waals surface area contributed by atoms with Gasteiger partial charge in [-0.3, -0.25) is 0 Å². The quantitative estimate of drug-likeness (QED) is 0.519. The van der Waals surface area contributed by atoms with Crippen molar-refractivity contribution in [3.05, 3.63) is 0 Å². The standard InChI is InChI=1S/C7H17O2SSi2/c1-3-8-12(11,9-4-2)7-5-6-10/h10H,3-7H2,1-2H3. The summed E-state index contributed by atoms with van der Waals surface area (Å²) in [6.45, 7) is 5.40. The molecular formula is C7H17O2SSi2. The Morgan fingerprint density at radius 3 is 2.08 bits per heavy atom. The lowest BCUT2D eigenvalue weighted by atomic mass is 10.6. The minimum absolute atomic E-state index is 0.711. The van der Waals surface area contributed by atoms with E-state index in [0.717, 1.165) is 18.2 Å². The minimum Gasteiger partial charge on any atom is -0.397 e. The smallest absolute Gasteiger partial charge is 0.307 e. The molecule has 71 valence electrons. The summed E-state index contributed by atoms with van der Waals surface area (Å²) in [5.41, 5.74) is 0. The molecule has 0 aromatic rings. The largest absolute Gasteiger partial charge is 0.397 e. The molecule has 0 saturated heterocycles. The Balaban J connectivity index is 3.80. The Hall–Kier alpha value is 0.704. The molecule has 0 bridgehead atoms. The van der Waals surface area contributed by atoms with Crippen LogP contribution in [0.5, 0.6) is 0 Å². The van der Waals surface area contributed by atoms with Gasteiger partial charge in [0.25, 0.3) is 0 Å². The van der Waals surface area contributed by atoms with Crippen molar-refractivity contribution in [1.29, 1.82) is 0 Å². The monoisotopic (exact) mass is 221 g/mol. The van der Waals surface area contributed by atoms with Gasteiger partial charge in [0.2, 0.25) is 0 Å². The van der Waals surface area contributed by atoms with Gasteiger partial charge < -0.3 is 8.85 Å². The molecule has 0 amide bonds. The van der Waals surface area contributed by atoms with Gasteiger partial charge in [-0.15, -0.1) is 0 Å². The van der Waals surface area contributed by atoms with Gasteiger partial charge in [-0.1, -0.05) is 0 Å². The molecule has 2 nitrogen and oxygen atoms in total. The Kier molecular flexibility index (Phi) is 7.56. The summed E-state index contributed by atoms with van der Waals surface area (Å²) >= 11 is 4.16. The number of hydrogen-bond donors (Lipinski definition) is 1. The van der Waals surface area contributed by atoms with Crippen LogP contribution in [0.4, 0.5) is 0 Å². The summed E-state index contributed by atoms with van der Waals surface area (Å²) in [4.78, 5) is 0. The van der Waals surface area contributed by atoms with Crippen molar-refractivity contribution >= 4 is 30.5 Å². The summed E-state index contributed by atoms with van der Waals surface area (Å²) in [5, 5.41) is 0. The number of rotatable bonds is 7. The molecule has 12 heavy (non-hydrogen) atoms. The van der Waals surface area contributed by atoms with E-state index in [1.807, 2.05) is 13.8 Å². The van der Waals surface area contributed by atoms with Crippen LogP contribution in [0.1, 0.15) is 20.3 Å². The van der Waals surface area contributed by atoms with Crippen LogP contribution < -0.4 is 0 Å². The van der Waals surface area contributed by atoms with Crippen molar-refractivity contribution in [2.75, 3.05) is 19.0 Å². The van der Waals surface area contributed by atoms with E-state index in [9.17, 15) is 0 Å². The molecule has 0 spiro atoms. The summed E-state index contributed by atoms with van der Waals surface area (Å²) in [5.74, 6) is 0.888. The van der Waals surface area contributed by atoms with Crippen molar-refractivity contribution in [2.24, 2.45) is 0 Å². The third kappa shape index (κ3) is 5.37. The van der Waals surface area contributed by atoms with Crippen LogP contribution in [0.15, 0.2) is 0 Å². The Labute approximate surface area is 84.9 Å². The van der Waals surface area contributed by atoms with Crippen molar-refractivity contribution in [3.8, 4) is 0 Å². The van der Waals surface area contributed by atoms with E-state index in [1.54, 1.807) is 0 Å². The summed E-state index contributed by atoms with van der Waals surface area (Å²) in [6.07, 6.45) is 1.04. The van der Waals surface area contributed by atoms with Crippen molar-refractivity contribution in [1.82, 2.24) is 0 Å². The average molecular weight is 221 g/mol. The van der Waals surface area contributed by atoms with E-state index in [1.165, 1.54) is 0 Å². The third-order valence-corrected chi connectivity index (χ3v) is 5.87. The van der Waals surface area contributed by atoms with Crippen LogP contribution in [0.3, 0.4) is 0 Å². The summed E-state index contributed by atoms with van der Waals surface area (Å²) in [6, 6.07) is 0.967. The lowest BCUT2D eigenvalue weighted by molar-refractivity contribution is 0.202. The van der Waals surface area contributed by atoms with Gasteiger partial charge in [-0.2, -0.15) is 12.6 Å². The molecule has 0 aliphatic rings. The normalized spacial score (nSPS) is 12.0. The molecule has 3 radical (unpaired) electrons. The van der Waals surface area contributed by atoms with Gasteiger partial charge in [0.15, 0.2) is 0 Å². The fourth-order valence-corrected chi connectivity index (χ4v) is 4.76. The number of hydrogen-bond acceptors (Lipinski definition) is 3. The Morgan fingerprint density at radius 2 is 1.75 bits per heavy atom. The molecule has 0 N–H and O–H groups in total. The summed E-state index contributed by atoms with van der Waals surface area (Å²) in [7, 11) is 1.61. The van der Waals surface area contributed by atoms with E-state index < -0.39 is 8.08 Å². The zero-order chi connectivity index (χ0) is 9.45. The zero-order valence-corrected chi connectivity index (χ0v) is 10.7. The van der Waals surface area contributed by atoms with Crippen molar-refractivity contribution in [2.45, 2.75) is 26.3 Å². The van der Waals surface area contributed by atoms with Crippen LogP contribution in [0.25, 0.3) is 0 Å². The predicted octanol–water partition coefficient (Wildman–Crippen LogP) is 1.49. The molecule has 0 unspecified atom stereocenters. The molecule has 0 aromatic carbocycles. The van der Waals surface area contributed by atoms with Gasteiger partial charge in [0.1, 0.15) is 0 Å². The van der Waals surface area contributed by atoms with Crippen LogP contribution in [0.2, 0.25) is 6.04 Å². The highest BCUT2D eigenvalue weighted by molar-refractivity contribution is 7.80. The fourth-order valence-electron chi connectivity index (χ4n) is 0.964. The van der Waals surface area contributed by atoms with Crippen LogP contribution in [0, 0.1) is 0 Å². The molecule has 0 saturated carbocycles. The fraction of sp³-hybridized carbons (Fsp3) is 1.00. The first-order valence-corrected chi connectivity index (χ1v) is 8.48. The molecule has 5 heteroatoms. The highest BCUT2D eigenvalue weighted by Crippen LogP contribution is 2.12. The van der Waals surface area contributed by atoms with Crippen LogP contribution in [-0.2, 0) is 8.85 Å². The van der Waals surface area contributed by atoms with E-state index >= 15 is 0 Å². The summed E-state index contributed by atoms with van der Waals surface area (Å²) < 4.78 is 11.1.